The fraction of sp³-hybridized carbons (Fsp3) is 0.900. The molecule has 0 heterocycles. The van der Waals surface area contributed by atoms with Gasteiger partial charge < -0.3 is 35.0 Å². The van der Waals surface area contributed by atoms with Crippen molar-refractivity contribution >= 4 is 17.9 Å². The first-order valence-electron chi connectivity index (χ1n) is 15.3. The van der Waals surface area contributed by atoms with Crippen LogP contribution in [0.3, 0.4) is 0 Å². The molecule has 0 unspecified atom stereocenters. The summed E-state index contributed by atoms with van der Waals surface area (Å²) in [6.45, 7) is 6.13. The molecule has 40 heavy (non-hydrogen) atoms. The van der Waals surface area contributed by atoms with E-state index in [0.29, 0.717) is 19.3 Å². The molecule has 0 bridgehead atoms. The highest BCUT2D eigenvalue weighted by atomic mass is 16.5. The summed E-state index contributed by atoms with van der Waals surface area (Å²) in [5.41, 5.74) is 0. The number of carbonyl (C=O) groups is 3. The quantitative estimate of drug-likeness (QED) is 0.0733. The minimum absolute atomic E-state index is 0.00470. The van der Waals surface area contributed by atoms with Gasteiger partial charge >= 0.3 is 17.9 Å². The molecular formula is C30H56O10. The molecule has 5 N–H and O–H groups in total. The first-order valence-corrected chi connectivity index (χ1v) is 15.3. The van der Waals surface area contributed by atoms with E-state index >= 15 is 0 Å². The van der Waals surface area contributed by atoms with Crippen LogP contribution >= 0.6 is 0 Å². The Kier molecular flexibility index (Phi) is 22.9. The van der Waals surface area contributed by atoms with Crippen molar-refractivity contribution in [3.63, 3.8) is 0 Å². The fourth-order valence-corrected chi connectivity index (χ4v) is 4.67. The van der Waals surface area contributed by atoms with E-state index in [-0.39, 0.29) is 32.1 Å². The van der Waals surface area contributed by atoms with Gasteiger partial charge in [-0.25, -0.2) is 0 Å². The molecular weight excluding hydrogens is 520 g/mol. The van der Waals surface area contributed by atoms with Gasteiger partial charge in [-0.2, -0.15) is 0 Å². The summed E-state index contributed by atoms with van der Waals surface area (Å²) in [4.78, 5) is 35.9. The number of carboxylic acids is 1. The maximum Gasteiger partial charge on any atom is 0.308 e. The summed E-state index contributed by atoms with van der Waals surface area (Å²) in [7, 11) is 0. The number of aliphatic hydroxyl groups is 4. The van der Waals surface area contributed by atoms with Crippen molar-refractivity contribution in [3.05, 3.63) is 0 Å². The van der Waals surface area contributed by atoms with Gasteiger partial charge in [0.2, 0.25) is 0 Å². The lowest BCUT2D eigenvalue weighted by molar-refractivity contribution is -0.155. The smallest absolute Gasteiger partial charge is 0.308 e. The van der Waals surface area contributed by atoms with Crippen molar-refractivity contribution in [2.75, 3.05) is 0 Å². The molecule has 236 valence electrons. The Bertz CT molecular complexity index is 671. The van der Waals surface area contributed by atoms with Crippen molar-refractivity contribution in [2.24, 2.45) is 0 Å². The van der Waals surface area contributed by atoms with Crippen LogP contribution in [0.5, 0.6) is 0 Å². The van der Waals surface area contributed by atoms with E-state index in [4.69, 9.17) is 14.6 Å². The molecule has 0 aromatic rings. The van der Waals surface area contributed by atoms with Crippen molar-refractivity contribution in [3.8, 4) is 0 Å². The SMILES string of the molecule is CCCCC[C@H](O)C[C@@H](O)CC(=O)O[C@@H](CCCCC)C[C@H](O)CC(=O)O[C@@H](CCCCC)C[C@H](O)CC(=O)O. The Labute approximate surface area is 240 Å². The average molecular weight is 577 g/mol. The Morgan fingerprint density at radius 1 is 0.525 bits per heavy atom. The molecule has 0 saturated carbocycles. The minimum Gasteiger partial charge on any atom is -0.481 e. The molecule has 10 nitrogen and oxygen atoms in total. The molecule has 6 atom stereocenters. The van der Waals surface area contributed by atoms with Gasteiger partial charge in [-0.1, -0.05) is 65.7 Å². The lowest BCUT2D eigenvalue weighted by Gasteiger charge is -2.23. The molecule has 0 fully saturated rings. The average Bonchev–Trinajstić information content (AvgIpc) is 2.83. The van der Waals surface area contributed by atoms with Crippen molar-refractivity contribution < 1.29 is 49.4 Å². The van der Waals surface area contributed by atoms with E-state index in [0.717, 1.165) is 57.8 Å². The second-order valence-corrected chi connectivity index (χ2v) is 11.0. The number of hydrogen-bond donors (Lipinski definition) is 5. The number of carbonyl (C=O) groups excluding carboxylic acids is 2. The highest BCUT2D eigenvalue weighted by molar-refractivity contribution is 5.71. The molecule has 0 aliphatic heterocycles. The van der Waals surface area contributed by atoms with Crippen molar-refractivity contribution in [1.29, 1.82) is 0 Å². The van der Waals surface area contributed by atoms with Gasteiger partial charge in [0.05, 0.1) is 43.7 Å². The van der Waals surface area contributed by atoms with Crippen LogP contribution < -0.4 is 0 Å². The standard InChI is InChI=1S/C30H56O10/c1-4-7-10-13-22(31)16-23(32)20-29(37)40-27(15-12-9-6-3)18-25(34)21-30(38)39-26(14-11-8-5-2)17-24(33)19-28(35)36/h22-27,31-34H,4-21H2,1-3H3,(H,35,36)/t22-,23+,24-,25-,26-,27-/m0/s1. The van der Waals surface area contributed by atoms with E-state index in [2.05, 4.69) is 6.92 Å². The zero-order chi connectivity index (χ0) is 30.3. The van der Waals surface area contributed by atoms with Gasteiger partial charge in [-0.3, -0.25) is 14.4 Å². The normalized spacial score (nSPS) is 16.0. The number of aliphatic carboxylic acids is 1. The lowest BCUT2D eigenvalue weighted by Crippen LogP contribution is -2.30. The second-order valence-electron chi connectivity index (χ2n) is 11.0. The number of ether oxygens (including phenoxy) is 2. The first-order chi connectivity index (χ1) is 19.0. The Hall–Kier alpha value is -1.75. The third-order valence-electron chi connectivity index (χ3n) is 6.83. The lowest BCUT2D eigenvalue weighted by atomic mass is 10.0. The van der Waals surface area contributed by atoms with Gasteiger partial charge in [0.25, 0.3) is 0 Å². The van der Waals surface area contributed by atoms with Crippen LogP contribution in [0.15, 0.2) is 0 Å². The van der Waals surface area contributed by atoms with E-state index < -0.39 is 61.0 Å². The summed E-state index contributed by atoms with van der Waals surface area (Å²) >= 11 is 0. The molecule has 0 aromatic heterocycles. The highest BCUT2D eigenvalue weighted by Gasteiger charge is 2.25. The zero-order valence-electron chi connectivity index (χ0n) is 25.0. The number of carboxylic acid groups (broad SMARTS) is 1. The Morgan fingerprint density at radius 3 is 1.30 bits per heavy atom. The Morgan fingerprint density at radius 2 is 0.900 bits per heavy atom. The van der Waals surface area contributed by atoms with E-state index in [1.54, 1.807) is 0 Å². The monoisotopic (exact) mass is 576 g/mol. The topological polar surface area (TPSA) is 171 Å². The number of aliphatic hydroxyl groups excluding tert-OH is 4. The third kappa shape index (κ3) is 22.0. The van der Waals surface area contributed by atoms with Crippen LogP contribution in [0.4, 0.5) is 0 Å². The van der Waals surface area contributed by atoms with Gasteiger partial charge in [-0.15, -0.1) is 0 Å². The summed E-state index contributed by atoms with van der Waals surface area (Å²) < 4.78 is 11.0. The summed E-state index contributed by atoms with van der Waals surface area (Å²) in [6.07, 6.45) is 3.52. The molecule has 0 rings (SSSR count). The molecule has 0 amide bonds. The maximum atomic E-state index is 12.6. The van der Waals surface area contributed by atoms with Crippen molar-refractivity contribution in [2.45, 2.75) is 173 Å². The van der Waals surface area contributed by atoms with Gasteiger partial charge in [0.1, 0.15) is 12.2 Å². The summed E-state index contributed by atoms with van der Waals surface area (Å²) in [6, 6.07) is 0. The Balaban J connectivity index is 4.91. The van der Waals surface area contributed by atoms with E-state index in [9.17, 15) is 34.8 Å². The van der Waals surface area contributed by atoms with Crippen LogP contribution in [0.2, 0.25) is 0 Å². The largest absolute Gasteiger partial charge is 0.481 e. The number of hydrogen-bond acceptors (Lipinski definition) is 9. The zero-order valence-corrected chi connectivity index (χ0v) is 25.0. The van der Waals surface area contributed by atoms with Gasteiger partial charge in [0.15, 0.2) is 0 Å². The predicted octanol–water partition coefficient (Wildman–Crippen LogP) is 4.42. The van der Waals surface area contributed by atoms with Crippen molar-refractivity contribution in [1.82, 2.24) is 0 Å². The second kappa shape index (κ2) is 23.9. The maximum absolute atomic E-state index is 12.6. The van der Waals surface area contributed by atoms with Crippen LogP contribution in [0, 0.1) is 0 Å². The fourth-order valence-electron chi connectivity index (χ4n) is 4.67. The van der Waals surface area contributed by atoms with Crippen LogP contribution in [0.1, 0.15) is 136 Å². The van der Waals surface area contributed by atoms with Gasteiger partial charge in [0, 0.05) is 12.8 Å². The molecule has 0 radical (unpaired) electrons. The van der Waals surface area contributed by atoms with Crippen LogP contribution in [0.25, 0.3) is 0 Å². The van der Waals surface area contributed by atoms with E-state index in [1.807, 2.05) is 13.8 Å². The summed E-state index contributed by atoms with van der Waals surface area (Å²) in [5, 5.41) is 49.8. The molecule has 0 aromatic carbocycles. The molecule has 0 saturated heterocycles. The molecule has 0 aliphatic carbocycles. The number of unbranched alkanes of at least 4 members (excludes halogenated alkanes) is 6. The van der Waals surface area contributed by atoms with Gasteiger partial charge in [-0.05, 0) is 38.5 Å². The predicted molar refractivity (Wildman–Crippen MR) is 152 cm³/mol. The molecule has 0 aliphatic rings. The minimum atomic E-state index is -1.14. The first kappa shape index (κ1) is 38.2. The summed E-state index contributed by atoms with van der Waals surface area (Å²) in [5.74, 6) is -2.42. The van der Waals surface area contributed by atoms with E-state index in [1.165, 1.54) is 0 Å². The number of esters is 2. The molecule has 10 heteroatoms. The van der Waals surface area contributed by atoms with Crippen LogP contribution in [-0.4, -0.2) is 80.1 Å². The highest BCUT2D eigenvalue weighted by Crippen LogP contribution is 2.19. The molecule has 0 spiro atoms. The van der Waals surface area contributed by atoms with Crippen LogP contribution in [-0.2, 0) is 23.9 Å². The third-order valence-corrected chi connectivity index (χ3v) is 6.83. The number of rotatable bonds is 26.